The van der Waals surface area contributed by atoms with E-state index in [1.807, 2.05) is 5.32 Å². The van der Waals surface area contributed by atoms with E-state index >= 15 is 0 Å². The molecule has 1 aromatic carbocycles. The fraction of sp³-hybridized carbons (Fsp3) is 0.273. The van der Waals surface area contributed by atoms with E-state index in [1.54, 1.807) is 0 Å². The number of carbonyl (C=O) groups excluding carboxylic acids is 2. The second-order valence-corrected chi connectivity index (χ2v) is 3.56. The van der Waals surface area contributed by atoms with Crippen LogP contribution in [0.1, 0.15) is 18.6 Å². The Morgan fingerprint density at radius 3 is 2.78 bits per heavy atom. The van der Waals surface area contributed by atoms with Crippen LogP contribution in [0, 0.1) is 5.82 Å². The topological polar surface area (TPSA) is 102 Å². The van der Waals surface area contributed by atoms with Crippen LogP contribution >= 0.6 is 0 Å². The third kappa shape index (κ3) is 4.02. The molecule has 6 nitrogen and oxygen atoms in total. The molecule has 98 valence electrons. The lowest BCUT2D eigenvalue weighted by atomic mass is 10.1. The molecule has 1 aromatic rings. The van der Waals surface area contributed by atoms with Gasteiger partial charge in [0.2, 0.25) is 0 Å². The van der Waals surface area contributed by atoms with Gasteiger partial charge in [0, 0.05) is 5.56 Å². The molecule has 0 fully saturated rings. The molecule has 0 saturated heterocycles. The monoisotopic (exact) mass is 256 g/mol. The summed E-state index contributed by atoms with van der Waals surface area (Å²) in [5.41, 5.74) is 4.95. The largest absolute Gasteiger partial charge is 0.483 e. The van der Waals surface area contributed by atoms with Gasteiger partial charge in [0.1, 0.15) is 11.6 Å². The standard InChI is InChI=1S/C11H13FN2O4/c1-6(15)8-4-7(12)2-3-9(8)18-5-10(16)14-11(13)17/h2-4,6,15H,5H2,1H3,(H3,13,14,16,17)/t6-/m1/s1. The molecule has 3 amide bonds. The van der Waals surface area contributed by atoms with Gasteiger partial charge in [-0.25, -0.2) is 9.18 Å². The first-order valence-electron chi connectivity index (χ1n) is 5.09. The summed E-state index contributed by atoms with van der Waals surface area (Å²) < 4.78 is 18.0. The van der Waals surface area contributed by atoms with Gasteiger partial charge in [-0.1, -0.05) is 0 Å². The Morgan fingerprint density at radius 1 is 1.56 bits per heavy atom. The lowest BCUT2D eigenvalue weighted by Crippen LogP contribution is -2.38. The number of aliphatic hydroxyl groups excluding tert-OH is 1. The minimum absolute atomic E-state index is 0.158. The average Bonchev–Trinajstić information content (AvgIpc) is 2.26. The molecule has 0 saturated carbocycles. The highest BCUT2D eigenvalue weighted by Crippen LogP contribution is 2.25. The number of nitrogens with two attached hydrogens (primary N) is 1. The summed E-state index contributed by atoms with van der Waals surface area (Å²) >= 11 is 0. The molecule has 0 aliphatic carbocycles. The highest BCUT2D eigenvalue weighted by atomic mass is 19.1. The predicted octanol–water partition coefficient (Wildman–Crippen LogP) is 0.453. The molecule has 4 N–H and O–H groups in total. The van der Waals surface area contributed by atoms with Crippen LogP contribution in [0.4, 0.5) is 9.18 Å². The number of imide groups is 1. The molecule has 0 aliphatic rings. The van der Waals surface area contributed by atoms with Crippen molar-refractivity contribution in [2.45, 2.75) is 13.0 Å². The number of urea groups is 1. The van der Waals surface area contributed by atoms with Crippen LogP contribution < -0.4 is 15.8 Å². The van der Waals surface area contributed by atoms with E-state index in [4.69, 9.17) is 10.5 Å². The van der Waals surface area contributed by atoms with E-state index in [1.165, 1.54) is 13.0 Å². The zero-order chi connectivity index (χ0) is 13.7. The zero-order valence-electron chi connectivity index (χ0n) is 9.64. The van der Waals surface area contributed by atoms with Crippen molar-refractivity contribution in [2.75, 3.05) is 6.61 Å². The van der Waals surface area contributed by atoms with Crippen LogP contribution in [0.3, 0.4) is 0 Å². The maximum Gasteiger partial charge on any atom is 0.318 e. The van der Waals surface area contributed by atoms with Gasteiger partial charge < -0.3 is 15.6 Å². The first-order chi connectivity index (χ1) is 8.40. The summed E-state index contributed by atoms with van der Waals surface area (Å²) in [5, 5.41) is 11.2. The maximum absolute atomic E-state index is 13.0. The number of ether oxygens (including phenoxy) is 1. The Hall–Kier alpha value is -2.15. The number of nitrogens with one attached hydrogen (secondary N) is 1. The Bertz CT molecular complexity index is 462. The summed E-state index contributed by atoms with van der Waals surface area (Å²) in [6, 6.07) is 2.53. The Labute approximate surface area is 103 Å². The third-order valence-electron chi connectivity index (χ3n) is 2.04. The quantitative estimate of drug-likeness (QED) is 0.728. The highest BCUT2D eigenvalue weighted by molar-refractivity contribution is 5.94. The maximum atomic E-state index is 13.0. The van der Waals surface area contributed by atoms with E-state index in [9.17, 15) is 19.1 Å². The SMILES string of the molecule is C[C@@H](O)c1cc(F)ccc1OCC(=O)NC(N)=O. The molecule has 0 aliphatic heterocycles. The number of benzene rings is 1. The van der Waals surface area contributed by atoms with E-state index in [2.05, 4.69) is 0 Å². The molecule has 1 atom stereocenters. The van der Waals surface area contributed by atoms with Crippen LogP contribution in [-0.2, 0) is 4.79 Å². The van der Waals surface area contributed by atoms with Crippen LogP contribution in [0.25, 0.3) is 0 Å². The van der Waals surface area contributed by atoms with Gasteiger partial charge in [-0.05, 0) is 25.1 Å². The van der Waals surface area contributed by atoms with E-state index in [-0.39, 0.29) is 11.3 Å². The first-order valence-corrected chi connectivity index (χ1v) is 5.09. The van der Waals surface area contributed by atoms with Gasteiger partial charge in [0.05, 0.1) is 6.10 Å². The summed E-state index contributed by atoms with van der Waals surface area (Å²) in [7, 11) is 0. The second kappa shape index (κ2) is 5.97. The fourth-order valence-corrected chi connectivity index (χ4v) is 1.29. The Balaban J connectivity index is 2.72. The molecule has 18 heavy (non-hydrogen) atoms. The van der Waals surface area contributed by atoms with Gasteiger partial charge in [0.15, 0.2) is 6.61 Å². The predicted molar refractivity (Wildman–Crippen MR) is 60.3 cm³/mol. The van der Waals surface area contributed by atoms with Crippen LogP contribution in [0.15, 0.2) is 18.2 Å². The number of hydrogen-bond acceptors (Lipinski definition) is 4. The van der Waals surface area contributed by atoms with Gasteiger partial charge in [-0.3, -0.25) is 10.1 Å². The van der Waals surface area contributed by atoms with E-state index in [0.29, 0.717) is 0 Å². The molecule has 0 spiro atoms. The molecule has 1 rings (SSSR count). The summed E-state index contributed by atoms with van der Waals surface area (Å²) in [4.78, 5) is 21.5. The number of rotatable bonds is 4. The zero-order valence-corrected chi connectivity index (χ0v) is 9.64. The van der Waals surface area contributed by atoms with Crippen molar-refractivity contribution in [3.8, 4) is 5.75 Å². The van der Waals surface area contributed by atoms with Crippen LogP contribution in [0.2, 0.25) is 0 Å². The van der Waals surface area contributed by atoms with E-state index < -0.39 is 30.5 Å². The van der Waals surface area contributed by atoms with Crippen molar-refractivity contribution in [3.05, 3.63) is 29.6 Å². The van der Waals surface area contributed by atoms with Crippen molar-refractivity contribution in [3.63, 3.8) is 0 Å². The van der Waals surface area contributed by atoms with Crippen molar-refractivity contribution < 1.29 is 23.8 Å². The molecule has 0 heterocycles. The number of primary amides is 1. The lowest BCUT2D eigenvalue weighted by Gasteiger charge is -2.13. The lowest BCUT2D eigenvalue weighted by molar-refractivity contribution is -0.121. The third-order valence-corrected chi connectivity index (χ3v) is 2.04. The van der Waals surface area contributed by atoms with Gasteiger partial charge in [-0.15, -0.1) is 0 Å². The van der Waals surface area contributed by atoms with Gasteiger partial charge >= 0.3 is 6.03 Å². The smallest absolute Gasteiger partial charge is 0.318 e. The first kappa shape index (κ1) is 13.9. The summed E-state index contributed by atoms with van der Waals surface area (Å²) in [6.45, 7) is 0.972. The second-order valence-electron chi connectivity index (χ2n) is 3.56. The number of halogens is 1. The minimum Gasteiger partial charge on any atom is -0.483 e. The molecule has 0 radical (unpaired) electrons. The summed E-state index contributed by atoms with van der Waals surface area (Å²) in [6.07, 6.45) is -0.949. The molecular formula is C11H13FN2O4. The molecule has 0 aromatic heterocycles. The number of amides is 3. The summed E-state index contributed by atoms with van der Waals surface area (Å²) in [5.74, 6) is -1.10. The fourth-order valence-electron chi connectivity index (χ4n) is 1.29. The Morgan fingerprint density at radius 2 is 2.22 bits per heavy atom. The van der Waals surface area contributed by atoms with E-state index in [0.717, 1.165) is 12.1 Å². The highest BCUT2D eigenvalue weighted by Gasteiger charge is 2.12. The van der Waals surface area contributed by atoms with Crippen molar-refractivity contribution in [1.82, 2.24) is 5.32 Å². The average molecular weight is 256 g/mol. The van der Waals surface area contributed by atoms with Gasteiger partial charge in [0.25, 0.3) is 5.91 Å². The molecule has 0 unspecified atom stereocenters. The molecule has 0 bridgehead atoms. The van der Waals surface area contributed by atoms with Crippen molar-refractivity contribution in [1.29, 1.82) is 0 Å². The molecular weight excluding hydrogens is 243 g/mol. The van der Waals surface area contributed by atoms with Crippen molar-refractivity contribution >= 4 is 11.9 Å². The minimum atomic E-state index is -0.988. The number of carbonyl (C=O) groups is 2. The van der Waals surface area contributed by atoms with Crippen molar-refractivity contribution in [2.24, 2.45) is 5.73 Å². The normalized spacial score (nSPS) is 11.7. The number of hydrogen-bond donors (Lipinski definition) is 3. The number of aliphatic hydroxyl groups is 1. The van der Waals surface area contributed by atoms with Gasteiger partial charge in [-0.2, -0.15) is 0 Å². The Kier molecular flexibility index (Phi) is 4.61. The van der Waals surface area contributed by atoms with Crippen LogP contribution in [-0.4, -0.2) is 23.7 Å². The molecule has 7 heteroatoms. The van der Waals surface area contributed by atoms with Crippen LogP contribution in [0.5, 0.6) is 5.75 Å².